The van der Waals surface area contributed by atoms with Gasteiger partial charge in [-0.05, 0) is 22.8 Å². The van der Waals surface area contributed by atoms with Crippen LogP contribution in [0.5, 0.6) is 0 Å². The zero-order valence-electron chi connectivity index (χ0n) is 13.9. The lowest BCUT2D eigenvalue weighted by molar-refractivity contribution is -0.130. The number of aryl methyl sites for hydroxylation is 1. The second-order valence-electron chi connectivity index (χ2n) is 6.13. The molecule has 1 aromatic heterocycles. The summed E-state index contributed by atoms with van der Waals surface area (Å²) in [6, 6.07) is 14.6. The zero-order chi connectivity index (χ0) is 16.9. The van der Waals surface area contributed by atoms with Gasteiger partial charge in [-0.3, -0.25) is 4.79 Å². The molecule has 0 bridgehead atoms. The number of tetrazole rings is 1. The van der Waals surface area contributed by atoms with E-state index in [0.717, 1.165) is 6.42 Å². The van der Waals surface area contributed by atoms with Crippen LogP contribution in [-0.2, 0) is 11.2 Å². The number of aromatic nitrogens is 4. The fourth-order valence-corrected chi connectivity index (χ4v) is 2.81. The van der Waals surface area contributed by atoms with Crippen molar-refractivity contribution in [2.75, 3.05) is 13.6 Å². The SMILES string of the molecule is C[C@@H](CN(C)C(=O)CCc1ccc2ccccc2c1)c1nn[nH]n1. The number of H-pyrrole nitrogens is 1. The number of carbonyl (C=O) groups is 1. The van der Waals surface area contributed by atoms with Gasteiger partial charge in [0.05, 0.1) is 0 Å². The molecule has 6 nitrogen and oxygen atoms in total. The Morgan fingerprint density at radius 1 is 1.21 bits per heavy atom. The monoisotopic (exact) mass is 323 g/mol. The van der Waals surface area contributed by atoms with E-state index < -0.39 is 0 Å². The molecule has 0 saturated heterocycles. The minimum atomic E-state index is 0.0540. The molecule has 1 atom stereocenters. The number of likely N-dealkylation sites (N-methyl/N-ethyl adjacent to an activating group) is 1. The lowest BCUT2D eigenvalue weighted by Gasteiger charge is -2.20. The maximum Gasteiger partial charge on any atom is 0.222 e. The first-order valence-electron chi connectivity index (χ1n) is 8.08. The number of hydrogen-bond donors (Lipinski definition) is 1. The molecule has 0 saturated carbocycles. The van der Waals surface area contributed by atoms with Crippen LogP contribution in [0, 0.1) is 0 Å². The largest absolute Gasteiger partial charge is 0.345 e. The molecule has 0 radical (unpaired) electrons. The van der Waals surface area contributed by atoms with Crippen LogP contribution in [0.25, 0.3) is 10.8 Å². The summed E-state index contributed by atoms with van der Waals surface area (Å²) >= 11 is 0. The number of benzene rings is 2. The standard InChI is InChI=1S/C18H21N5O/c1-13(18-19-21-22-20-18)12-23(2)17(24)10-8-14-7-9-15-5-3-4-6-16(15)11-14/h3-7,9,11,13H,8,10,12H2,1-2H3,(H,19,20,21,22)/t13-/m0/s1. The van der Waals surface area contributed by atoms with Gasteiger partial charge in [0, 0.05) is 25.9 Å². The van der Waals surface area contributed by atoms with Crippen molar-refractivity contribution in [1.82, 2.24) is 25.5 Å². The summed E-state index contributed by atoms with van der Waals surface area (Å²) in [6.07, 6.45) is 1.23. The van der Waals surface area contributed by atoms with E-state index in [-0.39, 0.29) is 11.8 Å². The van der Waals surface area contributed by atoms with Crippen LogP contribution in [0.15, 0.2) is 42.5 Å². The average molecular weight is 323 g/mol. The van der Waals surface area contributed by atoms with E-state index in [1.807, 2.05) is 26.1 Å². The fourth-order valence-electron chi connectivity index (χ4n) is 2.81. The molecule has 0 spiro atoms. The number of rotatable bonds is 6. The van der Waals surface area contributed by atoms with Crippen molar-refractivity contribution in [3.8, 4) is 0 Å². The molecular formula is C18H21N5O. The molecule has 1 N–H and O–H groups in total. The minimum Gasteiger partial charge on any atom is -0.345 e. The maximum absolute atomic E-state index is 12.3. The number of fused-ring (bicyclic) bond motifs is 1. The first-order valence-corrected chi connectivity index (χ1v) is 8.08. The maximum atomic E-state index is 12.3. The van der Waals surface area contributed by atoms with Crippen molar-refractivity contribution < 1.29 is 4.79 Å². The molecule has 0 fully saturated rings. The predicted octanol–water partition coefficient (Wildman–Crippen LogP) is 2.55. The van der Waals surface area contributed by atoms with Gasteiger partial charge in [0.1, 0.15) is 0 Å². The second-order valence-corrected chi connectivity index (χ2v) is 6.13. The third kappa shape index (κ3) is 3.76. The van der Waals surface area contributed by atoms with Crippen molar-refractivity contribution in [1.29, 1.82) is 0 Å². The van der Waals surface area contributed by atoms with E-state index in [1.165, 1.54) is 16.3 Å². The third-order valence-electron chi connectivity index (χ3n) is 4.22. The Kier molecular flexibility index (Phi) is 4.84. The van der Waals surface area contributed by atoms with E-state index in [0.29, 0.717) is 18.8 Å². The van der Waals surface area contributed by atoms with Crippen LogP contribution >= 0.6 is 0 Å². The molecule has 2 aromatic carbocycles. The van der Waals surface area contributed by atoms with Crippen molar-refractivity contribution in [2.24, 2.45) is 0 Å². The lowest BCUT2D eigenvalue weighted by atomic mass is 10.0. The van der Waals surface area contributed by atoms with Crippen molar-refractivity contribution in [2.45, 2.75) is 25.7 Å². The smallest absolute Gasteiger partial charge is 0.222 e. The van der Waals surface area contributed by atoms with Crippen molar-refractivity contribution >= 4 is 16.7 Å². The molecule has 1 amide bonds. The average Bonchev–Trinajstić information content (AvgIpc) is 3.14. The van der Waals surface area contributed by atoms with E-state index in [1.54, 1.807) is 4.90 Å². The summed E-state index contributed by atoms with van der Waals surface area (Å²) in [5.41, 5.74) is 1.18. The Labute approximate surface area is 140 Å². The first-order chi connectivity index (χ1) is 11.6. The molecule has 0 aliphatic rings. The molecule has 24 heavy (non-hydrogen) atoms. The lowest BCUT2D eigenvalue weighted by Crippen LogP contribution is -2.30. The van der Waals surface area contributed by atoms with Gasteiger partial charge < -0.3 is 4.90 Å². The summed E-state index contributed by atoms with van der Waals surface area (Å²) in [5.74, 6) is 0.807. The van der Waals surface area contributed by atoms with Gasteiger partial charge in [-0.2, -0.15) is 5.21 Å². The Hall–Kier alpha value is -2.76. The molecule has 3 aromatic rings. The zero-order valence-corrected chi connectivity index (χ0v) is 13.9. The Balaban J connectivity index is 1.55. The van der Waals surface area contributed by atoms with Crippen LogP contribution in [0.3, 0.4) is 0 Å². The quantitative estimate of drug-likeness (QED) is 0.756. The van der Waals surface area contributed by atoms with E-state index >= 15 is 0 Å². The van der Waals surface area contributed by atoms with Crippen LogP contribution in [0.2, 0.25) is 0 Å². The molecule has 6 heteroatoms. The summed E-state index contributed by atoms with van der Waals surface area (Å²) in [7, 11) is 1.82. The Morgan fingerprint density at radius 3 is 2.75 bits per heavy atom. The summed E-state index contributed by atoms with van der Waals surface area (Å²) in [6.45, 7) is 2.56. The second kappa shape index (κ2) is 7.21. The summed E-state index contributed by atoms with van der Waals surface area (Å²) < 4.78 is 0. The molecule has 124 valence electrons. The van der Waals surface area contributed by atoms with Gasteiger partial charge in [0.25, 0.3) is 0 Å². The van der Waals surface area contributed by atoms with Crippen LogP contribution in [0.4, 0.5) is 0 Å². The van der Waals surface area contributed by atoms with Gasteiger partial charge in [-0.25, -0.2) is 0 Å². The number of aromatic amines is 1. The van der Waals surface area contributed by atoms with Crippen LogP contribution < -0.4 is 0 Å². The highest BCUT2D eigenvalue weighted by molar-refractivity contribution is 5.83. The number of nitrogens with one attached hydrogen (secondary N) is 1. The van der Waals surface area contributed by atoms with Gasteiger partial charge in [0.15, 0.2) is 5.82 Å². The fraction of sp³-hybridized carbons (Fsp3) is 0.333. The van der Waals surface area contributed by atoms with Gasteiger partial charge in [0.2, 0.25) is 5.91 Å². The third-order valence-corrected chi connectivity index (χ3v) is 4.22. The summed E-state index contributed by atoms with van der Waals surface area (Å²) in [4.78, 5) is 14.1. The Morgan fingerprint density at radius 2 is 2.00 bits per heavy atom. The van der Waals surface area contributed by atoms with Gasteiger partial charge in [-0.1, -0.05) is 54.6 Å². The minimum absolute atomic E-state index is 0.0540. The molecule has 0 aliphatic heterocycles. The normalized spacial score (nSPS) is 12.2. The molecule has 3 rings (SSSR count). The van der Waals surface area contributed by atoms with Gasteiger partial charge in [-0.15, -0.1) is 10.2 Å². The van der Waals surface area contributed by atoms with Crippen molar-refractivity contribution in [3.63, 3.8) is 0 Å². The predicted molar refractivity (Wildman–Crippen MR) is 92.5 cm³/mol. The first kappa shape index (κ1) is 16.1. The number of hydrogen-bond acceptors (Lipinski definition) is 4. The van der Waals surface area contributed by atoms with E-state index in [2.05, 4.69) is 51.0 Å². The Bertz CT molecular complexity index is 815. The highest BCUT2D eigenvalue weighted by Gasteiger charge is 2.16. The van der Waals surface area contributed by atoms with Crippen LogP contribution in [0.1, 0.15) is 30.7 Å². The molecular weight excluding hydrogens is 302 g/mol. The molecule has 0 aliphatic carbocycles. The molecule has 1 heterocycles. The number of nitrogens with zero attached hydrogens (tertiary/aromatic N) is 4. The number of amides is 1. The highest BCUT2D eigenvalue weighted by atomic mass is 16.2. The van der Waals surface area contributed by atoms with Gasteiger partial charge >= 0.3 is 0 Å². The van der Waals surface area contributed by atoms with Crippen molar-refractivity contribution in [3.05, 3.63) is 53.9 Å². The van der Waals surface area contributed by atoms with E-state index in [9.17, 15) is 4.79 Å². The molecule has 0 unspecified atom stereocenters. The number of carbonyl (C=O) groups excluding carboxylic acids is 1. The topological polar surface area (TPSA) is 74.8 Å². The van der Waals surface area contributed by atoms with E-state index in [4.69, 9.17) is 0 Å². The highest BCUT2D eigenvalue weighted by Crippen LogP contribution is 2.17. The summed E-state index contributed by atoms with van der Waals surface area (Å²) in [5, 5.41) is 16.4. The van der Waals surface area contributed by atoms with Crippen LogP contribution in [-0.4, -0.2) is 45.0 Å².